The van der Waals surface area contributed by atoms with E-state index in [2.05, 4.69) is 32.3 Å². The molecular weight excluding hydrogens is 394 g/mol. The van der Waals surface area contributed by atoms with Gasteiger partial charge in [0, 0.05) is 33.4 Å². The van der Waals surface area contributed by atoms with Crippen molar-refractivity contribution in [2.24, 2.45) is 16.8 Å². The van der Waals surface area contributed by atoms with Crippen LogP contribution in [0.15, 0.2) is 4.99 Å². The number of methoxy groups -OCH3 is 1. The first-order valence-electron chi connectivity index (χ1n) is 11.5. The molecule has 0 saturated heterocycles. The SMILES string of the molecule is C=NC(=O)CCCCCC[N+](=C)C(=O)C[C@@H](OC)[C@H]([C@@H](C)CC)N(C)C(=O)CC(C)C. The van der Waals surface area contributed by atoms with E-state index in [9.17, 15) is 14.4 Å². The average molecular weight is 439 g/mol. The molecular formula is C24H44N3O4+. The minimum Gasteiger partial charge on any atom is -0.379 e. The zero-order valence-corrected chi connectivity index (χ0v) is 20.6. The lowest BCUT2D eigenvalue weighted by atomic mass is 9.90. The van der Waals surface area contributed by atoms with E-state index < -0.39 is 0 Å². The molecule has 0 aromatic heterocycles. The highest BCUT2D eigenvalue weighted by Crippen LogP contribution is 2.23. The van der Waals surface area contributed by atoms with E-state index in [1.807, 2.05) is 20.9 Å². The van der Waals surface area contributed by atoms with Gasteiger partial charge in [-0.3, -0.25) is 9.59 Å². The third-order valence-electron chi connectivity index (χ3n) is 5.81. The number of amides is 3. The number of carbonyl (C=O) groups excluding carboxylic acids is 3. The lowest BCUT2D eigenvalue weighted by Gasteiger charge is -2.37. The van der Waals surface area contributed by atoms with Crippen molar-refractivity contribution in [3.05, 3.63) is 0 Å². The lowest BCUT2D eigenvalue weighted by molar-refractivity contribution is -0.443. The van der Waals surface area contributed by atoms with Crippen LogP contribution in [-0.2, 0) is 19.1 Å². The summed E-state index contributed by atoms with van der Waals surface area (Å²) >= 11 is 0. The number of likely N-dealkylation sites (N-methyl/N-ethyl adjacent to an activating group) is 1. The van der Waals surface area contributed by atoms with Crippen LogP contribution in [0, 0.1) is 11.8 Å². The number of ether oxygens (including phenoxy) is 1. The summed E-state index contributed by atoms with van der Waals surface area (Å²) in [6.45, 7) is 15.9. The summed E-state index contributed by atoms with van der Waals surface area (Å²) < 4.78 is 7.20. The van der Waals surface area contributed by atoms with E-state index in [4.69, 9.17) is 4.74 Å². The predicted molar refractivity (Wildman–Crippen MR) is 126 cm³/mol. The molecule has 31 heavy (non-hydrogen) atoms. The van der Waals surface area contributed by atoms with E-state index >= 15 is 0 Å². The molecule has 0 N–H and O–H groups in total. The molecule has 3 amide bonds. The Labute approximate surface area is 188 Å². The van der Waals surface area contributed by atoms with Gasteiger partial charge in [-0.25, -0.2) is 9.79 Å². The Balaban J connectivity index is 4.82. The van der Waals surface area contributed by atoms with Crippen molar-refractivity contribution in [1.29, 1.82) is 0 Å². The van der Waals surface area contributed by atoms with Gasteiger partial charge in [0.05, 0.1) is 12.1 Å². The number of hydrogen-bond donors (Lipinski definition) is 0. The first-order chi connectivity index (χ1) is 14.6. The van der Waals surface area contributed by atoms with Gasteiger partial charge in [-0.1, -0.05) is 40.5 Å². The highest BCUT2D eigenvalue weighted by molar-refractivity contribution is 5.80. The van der Waals surface area contributed by atoms with E-state index in [0.717, 1.165) is 32.1 Å². The summed E-state index contributed by atoms with van der Waals surface area (Å²) in [5, 5.41) is 0. The molecule has 0 aromatic rings. The van der Waals surface area contributed by atoms with E-state index in [-0.39, 0.29) is 48.1 Å². The molecule has 0 aromatic carbocycles. The molecule has 7 heteroatoms. The van der Waals surface area contributed by atoms with Gasteiger partial charge < -0.3 is 9.64 Å². The molecule has 0 rings (SSSR count). The lowest BCUT2D eigenvalue weighted by Crippen LogP contribution is -2.50. The number of unbranched alkanes of at least 4 members (excludes halogenated alkanes) is 3. The van der Waals surface area contributed by atoms with Crippen LogP contribution < -0.4 is 0 Å². The number of rotatable bonds is 16. The van der Waals surface area contributed by atoms with Crippen LogP contribution in [0.4, 0.5) is 0 Å². The Hall–Kier alpha value is -1.89. The van der Waals surface area contributed by atoms with Gasteiger partial charge in [0.2, 0.25) is 11.8 Å². The summed E-state index contributed by atoms with van der Waals surface area (Å²) in [7, 11) is 3.41. The predicted octanol–water partition coefficient (Wildman–Crippen LogP) is 3.73. The second-order valence-corrected chi connectivity index (χ2v) is 8.83. The standard InChI is InChI=1S/C24H44N3O4/c1-9-19(4)24(27(7)23(30)16-18(2)3)20(31-8)17-22(29)26(6)15-13-11-10-12-14-21(28)25-5/h18-20,24H,5-6,9-17H2,1-4,7-8H3/q+1/t19-,20+,24-/m0/s1. The van der Waals surface area contributed by atoms with Gasteiger partial charge in [0.25, 0.3) is 0 Å². The smallest absolute Gasteiger partial charge is 0.379 e. The van der Waals surface area contributed by atoms with Crippen molar-refractivity contribution in [2.75, 3.05) is 20.7 Å². The maximum Gasteiger partial charge on any atom is 0.389 e. The molecule has 178 valence electrons. The zero-order chi connectivity index (χ0) is 24.0. The number of hydrogen-bond acceptors (Lipinski definition) is 4. The fraction of sp³-hybridized carbons (Fsp3) is 0.792. The normalized spacial score (nSPS) is 14.0. The molecule has 0 spiro atoms. The van der Waals surface area contributed by atoms with E-state index in [0.29, 0.717) is 19.4 Å². The summed E-state index contributed by atoms with van der Waals surface area (Å²) in [4.78, 5) is 41.7. The van der Waals surface area contributed by atoms with Gasteiger partial charge in [-0.05, 0) is 31.4 Å². The van der Waals surface area contributed by atoms with Crippen molar-refractivity contribution in [2.45, 2.75) is 91.2 Å². The maximum atomic E-state index is 12.8. The van der Waals surface area contributed by atoms with Crippen molar-refractivity contribution >= 4 is 31.2 Å². The monoisotopic (exact) mass is 438 g/mol. The molecule has 0 unspecified atom stereocenters. The van der Waals surface area contributed by atoms with Crippen LogP contribution in [0.1, 0.15) is 79.1 Å². The number of aliphatic imine (C=N–C) groups is 1. The van der Waals surface area contributed by atoms with E-state index in [1.165, 1.54) is 4.58 Å². The zero-order valence-electron chi connectivity index (χ0n) is 20.6. The second-order valence-electron chi connectivity index (χ2n) is 8.83. The van der Waals surface area contributed by atoms with Crippen LogP contribution in [-0.4, -0.2) is 73.5 Å². The fourth-order valence-electron chi connectivity index (χ4n) is 3.68. The largest absolute Gasteiger partial charge is 0.389 e. The minimum atomic E-state index is -0.384. The van der Waals surface area contributed by atoms with Crippen molar-refractivity contribution < 1.29 is 23.7 Å². The average Bonchev–Trinajstić information content (AvgIpc) is 2.73. The van der Waals surface area contributed by atoms with Crippen molar-refractivity contribution in [3.63, 3.8) is 0 Å². The van der Waals surface area contributed by atoms with Crippen LogP contribution in [0.3, 0.4) is 0 Å². The van der Waals surface area contributed by atoms with E-state index in [1.54, 1.807) is 12.0 Å². The molecule has 0 aliphatic heterocycles. The maximum absolute atomic E-state index is 12.8. The molecule has 0 aliphatic carbocycles. The molecule has 3 atom stereocenters. The molecule has 7 nitrogen and oxygen atoms in total. The number of nitrogens with zero attached hydrogens (tertiary/aromatic N) is 3. The van der Waals surface area contributed by atoms with Gasteiger partial charge in [0.15, 0.2) is 6.54 Å². The van der Waals surface area contributed by atoms with Crippen LogP contribution in [0.2, 0.25) is 0 Å². The highest BCUT2D eigenvalue weighted by Gasteiger charge is 2.35. The topological polar surface area (TPSA) is 79.0 Å². The fourth-order valence-corrected chi connectivity index (χ4v) is 3.68. The molecule has 0 radical (unpaired) electrons. The van der Waals surface area contributed by atoms with Crippen LogP contribution >= 0.6 is 0 Å². The Bertz CT molecular complexity index is 604. The van der Waals surface area contributed by atoms with Crippen LogP contribution in [0.25, 0.3) is 0 Å². The molecule has 0 heterocycles. The summed E-state index contributed by atoms with van der Waals surface area (Å²) in [6.07, 6.45) is 5.01. The van der Waals surface area contributed by atoms with Crippen molar-refractivity contribution in [3.8, 4) is 0 Å². The van der Waals surface area contributed by atoms with Crippen LogP contribution in [0.5, 0.6) is 0 Å². The summed E-state index contributed by atoms with van der Waals surface area (Å²) in [6, 6.07) is -0.172. The summed E-state index contributed by atoms with van der Waals surface area (Å²) in [5.74, 6) is 0.288. The molecule has 0 saturated carbocycles. The first-order valence-corrected chi connectivity index (χ1v) is 11.5. The Morgan fingerprint density at radius 2 is 1.68 bits per heavy atom. The quantitative estimate of drug-likeness (QED) is 0.209. The molecule has 0 bridgehead atoms. The van der Waals surface area contributed by atoms with Gasteiger partial charge in [-0.2, -0.15) is 4.58 Å². The number of carbonyl (C=O) groups is 3. The van der Waals surface area contributed by atoms with Gasteiger partial charge in [-0.15, -0.1) is 0 Å². The Morgan fingerprint density at radius 1 is 1.06 bits per heavy atom. The third-order valence-corrected chi connectivity index (χ3v) is 5.81. The first kappa shape index (κ1) is 29.1. The van der Waals surface area contributed by atoms with Gasteiger partial charge in [0.1, 0.15) is 13.1 Å². The summed E-state index contributed by atoms with van der Waals surface area (Å²) in [5.41, 5.74) is 0. The Morgan fingerprint density at radius 3 is 2.19 bits per heavy atom. The molecule has 0 aliphatic rings. The highest BCUT2D eigenvalue weighted by atomic mass is 16.5. The molecule has 0 fully saturated rings. The minimum absolute atomic E-state index is 0.0754. The van der Waals surface area contributed by atoms with Crippen molar-refractivity contribution in [1.82, 2.24) is 4.90 Å². The Kier molecular flexibility index (Phi) is 14.9. The third kappa shape index (κ3) is 11.3. The second kappa shape index (κ2) is 15.8. The van der Waals surface area contributed by atoms with Gasteiger partial charge >= 0.3 is 5.91 Å².